The van der Waals surface area contributed by atoms with Gasteiger partial charge < -0.3 is 18.0 Å². The Morgan fingerprint density at radius 1 is 0.362 bits per heavy atom. The fourth-order valence-electron chi connectivity index (χ4n) is 9.46. The zero-order valence-electron chi connectivity index (χ0n) is 31.0. The lowest BCUT2D eigenvalue weighted by atomic mass is 9.97. The summed E-state index contributed by atoms with van der Waals surface area (Å²) in [5, 5.41) is 9.14. The highest BCUT2D eigenvalue weighted by molar-refractivity contribution is 6.29. The number of hydrogen-bond donors (Lipinski definition) is 0. The summed E-state index contributed by atoms with van der Waals surface area (Å²) < 4.78 is 17.5. The molecule has 4 heteroatoms. The zero-order chi connectivity index (χ0) is 37.9. The van der Waals surface area contributed by atoms with Crippen molar-refractivity contribution in [1.29, 1.82) is 0 Å². The number of benzene rings is 8. The highest BCUT2D eigenvalue weighted by Gasteiger charge is 2.22. The zero-order valence-corrected chi connectivity index (χ0v) is 31.0. The monoisotopic (exact) mass is 738 g/mol. The van der Waals surface area contributed by atoms with Crippen LogP contribution >= 0.6 is 0 Å². The third-order valence-corrected chi connectivity index (χ3v) is 12.0. The molecule has 0 aliphatic rings. The van der Waals surface area contributed by atoms with E-state index in [9.17, 15) is 0 Å². The van der Waals surface area contributed by atoms with Gasteiger partial charge in [0, 0.05) is 60.5 Å². The Balaban J connectivity index is 1.12. The number of furan rings is 2. The smallest absolute Gasteiger partial charge is 0.137 e. The fraction of sp³-hybridized carbons (Fsp3) is 0. The lowest BCUT2D eigenvalue weighted by molar-refractivity contribution is 0.668. The summed E-state index contributed by atoms with van der Waals surface area (Å²) in [6.07, 6.45) is 0. The molecule has 0 aliphatic carbocycles. The molecule has 0 saturated heterocycles. The van der Waals surface area contributed by atoms with Gasteiger partial charge in [0.15, 0.2) is 0 Å². The second-order valence-corrected chi connectivity index (χ2v) is 15.1. The molecule has 4 nitrogen and oxygen atoms in total. The predicted octanol–water partition coefficient (Wildman–Crippen LogP) is 14.6. The molecule has 0 N–H and O–H groups in total. The van der Waals surface area contributed by atoms with Crippen LogP contribution in [0.4, 0.5) is 0 Å². The lowest BCUT2D eigenvalue weighted by Crippen LogP contribution is -1.95. The van der Waals surface area contributed by atoms with Crippen LogP contribution in [-0.2, 0) is 0 Å². The van der Waals surface area contributed by atoms with Gasteiger partial charge in [-0.2, -0.15) is 0 Å². The maximum atomic E-state index is 6.44. The van der Waals surface area contributed by atoms with Crippen LogP contribution in [0.25, 0.3) is 121 Å². The van der Waals surface area contributed by atoms with E-state index in [4.69, 9.17) is 8.83 Å². The molecule has 0 fully saturated rings. The summed E-state index contributed by atoms with van der Waals surface area (Å²) in [6, 6.07) is 71.3. The summed E-state index contributed by atoms with van der Waals surface area (Å²) in [7, 11) is 0. The number of aromatic nitrogens is 2. The number of hydrogen-bond acceptors (Lipinski definition) is 2. The highest BCUT2D eigenvalue weighted by Crippen LogP contribution is 2.45. The van der Waals surface area contributed by atoms with Crippen molar-refractivity contribution in [3.63, 3.8) is 0 Å². The number of fused-ring (bicyclic) bond motifs is 13. The van der Waals surface area contributed by atoms with Gasteiger partial charge in [0.05, 0.1) is 16.6 Å². The van der Waals surface area contributed by atoms with Crippen molar-refractivity contribution in [2.45, 2.75) is 0 Å². The summed E-state index contributed by atoms with van der Waals surface area (Å²) >= 11 is 0. The first-order valence-electron chi connectivity index (χ1n) is 19.6. The summed E-state index contributed by atoms with van der Waals surface area (Å²) in [6.45, 7) is 0. The molecule has 4 heterocycles. The van der Waals surface area contributed by atoms with E-state index in [1.807, 2.05) is 30.3 Å². The van der Waals surface area contributed by atoms with E-state index in [2.05, 4.69) is 173 Å². The van der Waals surface area contributed by atoms with Crippen molar-refractivity contribution in [2.75, 3.05) is 0 Å². The van der Waals surface area contributed by atoms with E-state index in [1.54, 1.807) is 0 Å². The van der Waals surface area contributed by atoms with Crippen molar-refractivity contribution in [3.05, 3.63) is 194 Å². The van der Waals surface area contributed by atoms with Gasteiger partial charge in [-0.1, -0.05) is 103 Å². The van der Waals surface area contributed by atoms with Gasteiger partial charge in [0.2, 0.25) is 0 Å². The number of para-hydroxylation sites is 2. The molecule has 268 valence electrons. The Labute approximate surface area is 332 Å². The molecule has 0 unspecified atom stereocenters. The molecular weight excluding hydrogens is 709 g/mol. The Kier molecular flexibility index (Phi) is 6.33. The van der Waals surface area contributed by atoms with Crippen molar-refractivity contribution in [3.8, 4) is 33.6 Å². The Hall–Kier alpha value is -8.00. The molecule has 13 rings (SSSR count). The molecule has 0 bridgehead atoms. The Morgan fingerprint density at radius 2 is 1.00 bits per heavy atom. The molecule has 0 spiro atoms. The Morgan fingerprint density at radius 3 is 1.86 bits per heavy atom. The van der Waals surface area contributed by atoms with Crippen molar-refractivity contribution in [1.82, 2.24) is 9.13 Å². The van der Waals surface area contributed by atoms with Gasteiger partial charge in [-0.25, -0.2) is 0 Å². The average Bonchev–Trinajstić information content (AvgIpc) is 4.03. The van der Waals surface area contributed by atoms with E-state index >= 15 is 0 Å². The van der Waals surface area contributed by atoms with Crippen molar-refractivity contribution >= 4 is 87.5 Å². The van der Waals surface area contributed by atoms with Gasteiger partial charge in [-0.3, -0.25) is 0 Å². The molecule has 9 aromatic carbocycles. The molecule has 58 heavy (non-hydrogen) atoms. The van der Waals surface area contributed by atoms with E-state index in [0.29, 0.717) is 0 Å². The van der Waals surface area contributed by atoms with Crippen LogP contribution in [0, 0.1) is 12.1 Å². The van der Waals surface area contributed by atoms with Gasteiger partial charge in [-0.15, -0.1) is 0 Å². The fourth-order valence-corrected chi connectivity index (χ4v) is 9.46. The molecule has 13 aromatic rings. The summed E-state index contributed by atoms with van der Waals surface area (Å²) in [5.74, 6) is 0. The van der Waals surface area contributed by atoms with E-state index < -0.39 is 0 Å². The third-order valence-electron chi connectivity index (χ3n) is 12.0. The molecule has 0 aliphatic heterocycles. The first kappa shape index (κ1) is 31.2. The molecule has 0 radical (unpaired) electrons. The van der Waals surface area contributed by atoms with Crippen LogP contribution in [0.15, 0.2) is 191 Å². The molecule has 0 atom stereocenters. The van der Waals surface area contributed by atoms with Gasteiger partial charge in [0.25, 0.3) is 0 Å². The topological polar surface area (TPSA) is 36.1 Å². The largest absolute Gasteiger partial charge is 0.456 e. The van der Waals surface area contributed by atoms with Crippen molar-refractivity contribution < 1.29 is 8.83 Å². The SMILES string of the molecule is c1ccc2c3c4c5cc(-c6cccc7oc8ccccc8c67)ccc5n(-c5ccc6c(c5)oc5ccccc56)c4ccc3n(-c3ccc(-c4ccccc4)cc3)c2c#1. The van der Waals surface area contributed by atoms with Crippen molar-refractivity contribution in [2.24, 2.45) is 0 Å². The highest BCUT2D eigenvalue weighted by atomic mass is 16.3. The Bertz CT molecular complexity index is 3780. The first-order chi connectivity index (χ1) is 28.8. The first-order valence-corrected chi connectivity index (χ1v) is 19.6. The maximum Gasteiger partial charge on any atom is 0.137 e. The van der Waals surface area contributed by atoms with E-state index in [-0.39, 0.29) is 0 Å². The molecule has 0 saturated carbocycles. The van der Waals surface area contributed by atoms with Crippen LogP contribution in [0.2, 0.25) is 0 Å². The van der Waals surface area contributed by atoms with Crippen LogP contribution in [-0.4, -0.2) is 9.13 Å². The molecule has 4 aromatic heterocycles. The average molecular weight is 739 g/mol. The summed E-state index contributed by atoms with van der Waals surface area (Å²) in [5.41, 5.74) is 14.7. The van der Waals surface area contributed by atoms with E-state index in [1.165, 1.54) is 27.3 Å². The second kappa shape index (κ2) is 11.8. The predicted molar refractivity (Wildman–Crippen MR) is 238 cm³/mol. The standard InChI is InChI=1S/C54H30N2O2/c1-2-11-33(12-3-1)34-21-24-36(25-22-34)55-44-17-7-4-14-41(44)53-46(55)29-30-47-54(53)43-31-35(38-16-10-20-50-52(38)42-15-6-9-19-49(42)57-50)23-28-45(43)56(47)37-26-27-40-39-13-5-8-18-48(39)58-51(40)32-37/h1-6,8-16,18-32H. The second-order valence-electron chi connectivity index (χ2n) is 15.1. The lowest BCUT2D eigenvalue weighted by Gasteiger charge is -2.10. The number of rotatable bonds is 4. The van der Waals surface area contributed by atoms with Gasteiger partial charge in [0.1, 0.15) is 27.8 Å². The normalized spacial score (nSPS) is 12.0. The minimum atomic E-state index is 0.866. The molecular formula is C54H30N2O2. The maximum absolute atomic E-state index is 6.44. The van der Waals surface area contributed by atoms with Crippen LogP contribution < -0.4 is 0 Å². The quantitative estimate of drug-likeness (QED) is 0.180. The third kappa shape index (κ3) is 4.36. The van der Waals surface area contributed by atoms with Gasteiger partial charge in [-0.05, 0) is 107 Å². The van der Waals surface area contributed by atoms with Crippen LogP contribution in [0.5, 0.6) is 0 Å². The summed E-state index contributed by atoms with van der Waals surface area (Å²) in [4.78, 5) is 0. The number of nitrogens with zero attached hydrogens (tertiary/aromatic N) is 2. The van der Waals surface area contributed by atoms with E-state index in [0.717, 1.165) is 93.8 Å². The van der Waals surface area contributed by atoms with Crippen LogP contribution in [0.1, 0.15) is 0 Å². The van der Waals surface area contributed by atoms with Gasteiger partial charge >= 0.3 is 0 Å². The van der Waals surface area contributed by atoms with Crippen LogP contribution in [0.3, 0.4) is 0 Å². The minimum absolute atomic E-state index is 0.866. The minimum Gasteiger partial charge on any atom is -0.456 e. The molecule has 0 amide bonds.